The third-order valence-corrected chi connectivity index (χ3v) is 6.42. The molecule has 0 spiro atoms. The monoisotopic (exact) mass is 562 g/mol. The summed E-state index contributed by atoms with van der Waals surface area (Å²) >= 11 is 12.5. The summed E-state index contributed by atoms with van der Waals surface area (Å²) < 4.78 is 41.2. The number of anilines is 1. The molecule has 3 aromatic carbocycles. The standard InChI is InChI=1S/C27H23Cl2F3N4O2/c1-26(2,3)25(38)33-13-15-6-4-7-19(23(15)29)24(37)35-21-8-5-9-22-20(21)14-34-36(22)18-11-16(27(30,31)32)10-17(28)12-18/h4-12,14H,13H2,1-3H3,(H,33,38)(H,35,37). The molecule has 11 heteroatoms. The lowest BCUT2D eigenvalue weighted by molar-refractivity contribution is -0.137. The molecule has 4 aromatic rings. The first-order valence-electron chi connectivity index (χ1n) is 11.5. The zero-order chi connectivity index (χ0) is 27.8. The largest absolute Gasteiger partial charge is 0.416 e. The first-order chi connectivity index (χ1) is 17.8. The van der Waals surface area contributed by atoms with Crippen molar-refractivity contribution in [2.24, 2.45) is 5.41 Å². The maximum Gasteiger partial charge on any atom is 0.416 e. The zero-order valence-electron chi connectivity index (χ0n) is 20.6. The van der Waals surface area contributed by atoms with Crippen LogP contribution in [0.15, 0.2) is 60.8 Å². The predicted molar refractivity (Wildman–Crippen MR) is 142 cm³/mol. The molecule has 0 aliphatic rings. The van der Waals surface area contributed by atoms with Crippen LogP contribution in [-0.2, 0) is 17.5 Å². The summed E-state index contributed by atoms with van der Waals surface area (Å²) in [7, 11) is 0. The number of nitrogens with one attached hydrogen (secondary N) is 2. The van der Waals surface area contributed by atoms with Gasteiger partial charge in [-0.25, -0.2) is 4.68 Å². The number of fused-ring (bicyclic) bond motifs is 1. The van der Waals surface area contributed by atoms with Gasteiger partial charge in [0, 0.05) is 22.4 Å². The van der Waals surface area contributed by atoms with Gasteiger partial charge in [-0.1, -0.05) is 62.2 Å². The lowest BCUT2D eigenvalue weighted by atomic mass is 9.95. The van der Waals surface area contributed by atoms with Crippen molar-refractivity contribution in [3.63, 3.8) is 0 Å². The topological polar surface area (TPSA) is 76.0 Å². The van der Waals surface area contributed by atoms with Crippen LogP contribution in [0, 0.1) is 5.41 Å². The summed E-state index contributed by atoms with van der Waals surface area (Å²) in [6.07, 6.45) is -3.13. The molecule has 2 N–H and O–H groups in total. The number of aromatic nitrogens is 2. The number of carbonyl (C=O) groups excluding carboxylic acids is 2. The second-order valence-electron chi connectivity index (χ2n) is 9.66. The molecule has 2 amide bonds. The number of nitrogens with zero attached hydrogens (tertiary/aromatic N) is 2. The van der Waals surface area contributed by atoms with E-state index in [9.17, 15) is 22.8 Å². The van der Waals surface area contributed by atoms with Crippen molar-refractivity contribution in [3.8, 4) is 5.69 Å². The molecule has 0 saturated carbocycles. The van der Waals surface area contributed by atoms with E-state index in [0.717, 1.165) is 12.1 Å². The summed E-state index contributed by atoms with van der Waals surface area (Å²) in [5.74, 6) is -0.657. The second kappa shape index (κ2) is 10.3. The number of rotatable bonds is 5. The van der Waals surface area contributed by atoms with Crippen molar-refractivity contribution in [3.05, 3.63) is 87.5 Å². The van der Waals surface area contributed by atoms with Crippen LogP contribution in [0.5, 0.6) is 0 Å². The highest BCUT2D eigenvalue weighted by Crippen LogP contribution is 2.34. The molecule has 6 nitrogen and oxygen atoms in total. The molecule has 38 heavy (non-hydrogen) atoms. The Balaban J connectivity index is 1.62. The van der Waals surface area contributed by atoms with Gasteiger partial charge in [0.1, 0.15) is 0 Å². The van der Waals surface area contributed by atoms with Crippen LogP contribution in [0.1, 0.15) is 42.3 Å². The minimum atomic E-state index is -4.58. The van der Waals surface area contributed by atoms with Crippen molar-refractivity contribution in [1.82, 2.24) is 15.1 Å². The van der Waals surface area contributed by atoms with Crippen molar-refractivity contribution < 1.29 is 22.8 Å². The Labute approximate surface area is 226 Å². The Kier molecular flexibility index (Phi) is 7.45. The van der Waals surface area contributed by atoms with E-state index in [1.54, 1.807) is 57.2 Å². The van der Waals surface area contributed by atoms with Gasteiger partial charge in [-0.15, -0.1) is 0 Å². The van der Waals surface area contributed by atoms with Gasteiger partial charge in [0.2, 0.25) is 5.91 Å². The van der Waals surface area contributed by atoms with Gasteiger partial charge >= 0.3 is 6.18 Å². The van der Waals surface area contributed by atoms with E-state index in [0.29, 0.717) is 22.2 Å². The predicted octanol–water partition coefficient (Wildman–Crippen LogP) is 7.27. The maximum absolute atomic E-state index is 13.3. The summed E-state index contributed by atoms with van der Waals surface area (Å²) in [6.45, 7) is 5.52. The van der Waals surface area contributed by atoms with E-state index in [2.05, 4.69) is 15.7 Å². The quantitative estimate of drug-likeness (QED) is 0.268. The third kappa shape index (κ3) is 5.79. The minimum absolute atomic E-state index is 0.0869. The van der Waals surface area contributed by atoms with Gasteiger partial charge in [-0.2, -0.15) is 18.3 Å². The van der Waals surface area contributed by atoms with Gasteiger partial charge in [0.05, 0.1) is 39.2 Å². The van der Waals surface area contributed by atoms with Crippen LogP contribution < -0.4 is 10.6 Å². The number of amides is 2. The first kappa shape index (κ1) is 27.5. The summed E-state index contributed by atoms with van der Waals surface area (Å²) in [5, 5.41) is 10.5. The smallest absolute Gasteiger partial charge is 0.352 e. The fourth-order valence-electron chi connectivity index (χ4n) is 3.75. The average molecular weight is 563 g/mol. The Morgan fingerprint density at radius 3 is 2.39 bits per heavy atom. The molecule has 0 aliphatic heterocycles. The van der Waals surface area contributed by atoms with Crippen LogP contribution in [0.2, 0.25) is 10.0 Å². The Morgan fingerprint density at radius 1 is 1.00 bits per heavy atom. The summed E-state index contributed by atoms with van der Waals surface area (Å²) in [4.78, 5) is 25.4. The third-order valence-electron chi connectivity index (χ3n) is 5.76. The molecule has 4 rings (SSSR count). The Morgan fingerprint density at radius 2 is 1.71 bits per heavy atom. The Hall–Kier alpha value is -3.56. The van der Waals surface area contributed by atoms with Crippen LogP contribution in [0.3, 0.4) is 0 Å². The highest BCUT2D eigenvalue weighted by atomic mass is 35.5. The van der Waals surface area contributed by atoms with Gasteiger partial charge in [-0.05, 0) is 42.0 Å². The molecule has 0 aliphatic carbocycles. The molecule has 0 fully saturated rings. The van der Waals surface area contributed by atoms with Crippen molar-refractivity contribution in [2.45, 2.75) is 33.5 Å². The number of alkyl halides is 3. The summed E-state index contributed by atoms with van der Waals surface area (Å²) in [6, 6.07) is 13.1. The SMILES string of the molecule is CC(C)(C)C(=O)NCc1cccc(C(=O)Nc2cccc3c2cnn3-c2cc(Cl)cc(C(F)(F)F)c2)c1Cl. The maximum atomic E-state index is 13.3. The normalized spacial score (nSPS) is 12.0. The van der Waals surface area contributed by atoms with Gasteiger partial charge in [0.25, 0.3) is 5.91 Å². The van der Waals surface area contributed by atoms with E-state index in [-0.39, 0.29) is 33.7 Å². The van der Waals surface area contributed by atoms with Crippen LogP contribution in [0.25, 0.3) is 16.6 Å². The lowest BCUT2D eigenvalue weighted by Crippen LogP contribution is -2.34. The van der Waals surface area contributed by atoms with Crippen molar-refractivity contribution in [2.75, 3.05) is 5.32 Å². The van der Waals surface area contributed by atoms with Gasteiger partial charge in [0.15, 0.2) is 0 Å². The van der Waals surface area contributed by atoms with Crippen LogP contribution in [-0.4, -0.2) is 21.6 Å². The molecule has 198 valence electrons. The van der Waals surface area contributed by atoms with E-state index in [1.807, 2.05) is 0 Å². The molecule has 0 unspecified atom stereocenters. The fourth-order valence-corrected chi connectivity index (χ4v) is 4.26. The van der Waals surface area contributed by atoms with E-state index in [1.165, 1.54) is 16.9 Å². The Bertz CT molecular complexity index is 1540. The molecular weight excluding hydrogens is 540 g/mol. The van der Waals surface area contributed by atoms with Crippen LogP contribution in [0.4, 0.5) is 18.9 Å². The highest BCUT2D eigenvalue weighted by Gasteiger charge is 2.31. The van der Waals surface area contributed by atoms with E-state index >= 15 is 0 Å². The molecule has 0 radical (unpaired) electrons. The molecular formula is C27H23Cl2F3N4O2. The second-order valence-corrected chi connectivity index (χ2v) is 10.5. The lowest BCUT2D eigenvalue weighted by Gasteiger charge is -2.18. The highest BCUT2D eigenvalue weighted by molar-refractivity contribution is 6.35. The number of carbonyl (C=O) groups is 2. The number of halogens is 5. The van der Waals surface area contributed by atoms with E-state index in [4.69, 9.17) is 23.2 Å². The zero-order valence-corrected chi connectivity index (χ0v) is 22.1. The number of hydrogen-bond acceptors (Lipinski definition) is 3. The number of hydrogen-bond donors (Lipinski definition) is 2. The molecule has 0 atom stereocenters. The first-order valence-corrected chi connectivity index (χ1v) is 12.2. The molecule has 0 bridgehead atoms. The fraction of sp³-hybridized carbons (Fsp3) is 0.222. The average Bonchev–Trinajstić information content (AvgIpc) is 3.27. The van der Waals surface area contributed by atoms with Crippen molar-refractivity contribution >= 4 is 51.6 Å². The van der Waals surface area contributed by atoms with E-state index < -0.39 is 23.1 Å². The number of benzene rings is 3. The van der Waals surface area contributed by atoms with Crippen LogP contribution >= 0.6 is 23.2 Å². The molecule has 0 saturated heterocycles. The minimum Gasteiger partial charge on any atom is -0.352 e. The van der Waals surface area contributed by atoms with Gasteiger partial charge in [-0.3, -0.25) is 9.59 Å². The summed E-state index contributed by atoms with van der Waals surface area (Å²) in [5.41, 5.74) is 0.261. The van der Waals surface area contributed by atoms with Crippen molar-refractivity contribution in [1.29, 1.82) is 0 Å². The molecule has 1 heterocycles. The van der Waals surface area contributed by atoms with Gasteiger partial charge < -0.3 is 10.6 Å². The molecule has 1 aromatic heterocycles.